The SMILES string of the molecule is CCCC(C)c1cccc(OC(=O)C2CCC(C3CCC(C(=O)O)CC3)CC2)c1C(C)CCC. The lowest BCUT2D eigenvalue weighted by molar-refractivity contribution is -0.144. The summed E-state index contributed by atoms with van der Waals surface area (Å²) >= 11 is 0. The van der Waals surface area contributed by atoms with E-state index in [1.165, 1.54) is 11.1 Å². The first-order chi connectivity index (χ1) is 16.3. The Morgan fingerprint density at radius 3 is 1.91 bits per heavy atom. The predicted octanol–water partition coefficient (Wildman–Crippen LogP) is 8.10. The third-order valence-electron chi connectivity index (χ3n) is 8.67. The molecule has 2 atom stereocenters. The van der Waals surface area contributed by atoms with Crippen LogP contribution >= 0.6 is 0 Å². The lowest BCUT2D eigenvalue weighted by Gasteiger charge is -2.36. The Morgan fingerprint density at radius 2 is 1.38 bits per heavy atom. The van der Waals surface area contributed by atoms with Crippen LogP contribution in [0, 0.1) is 23.7 Å². The van der Waals surface area contributed by atoms with E-state index in [9.17, 15) is 14.7 Å². The van der Waals surface area contributed by atoms with Crippen molar-refractivity contribution in [2.45, 2.75) is 117 Å². The van der Waals surface area contributed by atoms with Crippen LogP contribution < -0.4 is 4.74 Å². The first kappa shape index (κ1) is 26.8. The van der Waals surface area contributed by atoms with E-state index >= 15 is 0 Å². The fourth-order valence-corrected chi connectivity index (χ4v) is 6.63. The number of aliphatic carboxylic acids is 1. The number of ether oxygens (including phenoxy) is 1. The summed E-state index contributed by atoms with van der Waals surface area (Å²) < 4.78 is 6.14. The minimum atomic E-state index is -0.634. The van der Waals surface area contributed by atoms with Gasteiger partial charge in [0.15, 0.2) is 0 Å². The van der Waals surface area contributed by atoms with Crippen molar-refractivity contribution in [1.29, 1.82) is 0 Å². The zero-order valence-electron chi connectivity index (χ0n) is 21.9. The third kappa shape index (κ3) is 6.64. The number of carboxylic acid groups (broad SMARTS) is 1. The van der Waals surface area contributed by atoms with E-state index in [-0.39, 0.29) is 17.8 Å². The van der Waals surface area contributed by atoms with Gasteiger partial charge in [0.25, 0.3) is 0 Å². The Balaban J connectivity index is 1.62. The average molecular weight is 471 g/mol. The second kappa shape index (κ2) is 12.7. The van der Waals surface area contributed by atoms with Gasteiger partial charge in [-0.1, -0.05) is 52.7 Å². The van der Waals surface area contributed by atoms with Crippen LogP contribution in [0.4, 0.5) is 0 Å². The molecule has 2 aliphatic rings. The lowest BCUT2D eigenvalue weighted by atomic mass is 9.69. The molecule has 1 N–H and O–H groups in total. The molecule has 0 bridgehead atoms. The number of carbonyl (C=O) groups is 2. The van der Waals surface area contributed by atoms with Gasteiger partial charge in [0.05, 0.1) is 11.8 Å². The highest BCUT2D eigenvalue weighted by atomic mass is 16.5. The maximum atomic E-state index is 13.2. The lowest BCUT2D eigenvalue weighted by Crippen LogP contribution is -2.31. The maximum Gasteiger partial charge on any atom is 0.314 e. The fraction of sp³-hybridized carbons (Fsp3) is 0.733. The zero-order valence-corrected chi connectivity index (χ0v) is 21.9. The largest absolute Gasteiger partial charge is 0.481 e. The molecule has 2 fully saturated rings. The van der Waals surface area contributed by atoms with Crippen molar-refractivity contribution < 1.29 is 19.4 Å². The Bertz CT molecular complexity index is 800. The van der Waals surface area contributed by atoms with Crippen molar-refractivity contribution in [3.63, 3.8) is 0 Å². The zero-order chi connectivity index (χ0) is 24.7. The number of carbonyl (C=O) groups excluding carboxylic acids is 1. The molecule has 4 heteroatoms. The predicted molar refractivity (Wildman–Crippen MR) is 137 cm³/mol. The van der Waals surface area contributed by atoms with E-state index in [1.807, 2.05) is 6.07 Å². The van der Waals surface area contributed by atoms with Crippen LogP contribution in [0.2, 0.25) is 0 Å². The van der Waals surface area contributed by atoms with Gasteiger partial charge in [0.2, 0.25) is 0 Å². The molecule has 0 aromatic heterocycles. The van der Waals surface area contributed by atoms with Crippen molar-refractivity contribution in [2.75, 3.05) is 0 Å². The molecule has 0 amide bonds. The Labute approximate surface area is 206 Å². The van der Waals surface area contributed by atoms with Gasteiger partial charge in [-0.2, -0.15) is 0 Å². The first-order valence-electron chi connectivity index (χ1n) is 13.9. The number of esters is 1. The summed E-state index contributed by atoms with van der Waals surface area (Å²) in [6.07, 6.45) is 12.1. The van der Waals surface area contributed by atoms with Crippen molar-refractivity contribution in [2.24, 2.45) is 23.7 Å². The van der Waals surface area contributed by atoms with Crippen LogP contribution in [-0.2, 0) is 9.59 Å². The molecule has 3 rings (SSSR count). The summed E-state index contributed by atoms with van der Waals surface area (Å²) in [6.45, 7) is 9.00. The number of benzene rings is 1. The van der Waals surface area contributed by atoms with Crippen LogP contribution in [0.15, 0.2) is 18.2 Å². The molecule has 0 radical (unpaired) electrons. The summed E-state index contributed by atoms with van der Waals surface area (Å²) in [5, 5.41) is 9.26. The molecule has 0 aliphatic heterocycles. The smallest absolute Gasteiger partial charge is 0.314 e. The molecule has 2 saturated carbocycles. The van der Waals surface area contributed by atoms with Gasteiger partial charge >= 0.3 is 11.9 Å². The van der Waals surface area contributed by atoms with Gasteiger partial charge in [-0.25, -0.2) is 0 Å². The molecule has 0 saturated heterocycles. The first-order valence-corrected chi connectivity index (χ1v) is 13.9. The van der Waals surface area contributed by atoms with Crippen LogP contribution in [-0.4, -0.2) is 17.0 Å². The minimum absolute atomic E-state index is 0.0161. The van der Waals surface area contributed by atoms with E-state index in [1.54, 1.807) is 0 Å². The number of hydrogen-bond donors (Lipinski definition) is 1. The summed E-state index contributed by atoms with van der Waals surface area (Å²) in [5.74, 6) is 2.03. The monoisotopic (exact) mass is 470 g/mol. The van der Waals surface area contributed by atoms with Gasteiger partial charge in [0, 0.05) is 5.56 Å². The van der Waals surface area contributed by atoms with Gasteiger partial charge < -0.3 is 9.84 Å². The molecule has 2 aliphatic carbocycles. The molecular weight excluding hydrogens is 424 g/mol. The molecule has 190 valence electrons. The third-order valence-corrected chi connectivity index (χ3v) is 8.67. The van der Waals surface area contributed by atoms with E-state index < -0.39 is 5.97 Å². The molecule has 0 heterocycles. The van der Waals surface area contributed by atoms with E-state index in [0.717, 1.165) is 82.8 Å². The van der Waals surface area contributed by atoms with Crippen molar-refractivity contribution in [3.8, 4) is 5.75 Å². The van der Waals surface area contributed by atoms with Gasteiger partial charge in [-0.15, -0.1) is 0 Å². The summed E-state index contributed by atoms with van der Waals surface area (Å²) in [4.78, 5) is 24.5. The van der Waals surface area contributed by atoms with Crippen molar-refractivity contribution in [1.82, 2.24) is 0 Å². The van der Waals surface area contributed by atoms with Gasteiger partial charge in [-0.05, 0) is 99.5 Å². The molecule has 1 aromatic rings. The molecule has 1 aromatic carbocycles. The second-order valence-corrected chi connectivity index (χ2v) is 11.1. The topological polar surface area (TPSA) is 63.6 Å². The van der Waals surface area contributed by atoms with Crippen LogP contribution in [0.5, 0.6) is 5.75 Å². The van der Waals surface area contributed by atoms with E-state index in [2.05, 4.69) is 39.8 Å². The van der Waals surface area contributed by atoms with Crippen LogP contribution in [0.25, 0.3) is 0 Å². The minimum Gasteiger partial charge on any atom is -0.481 e. The second-order valence-electron chi connectivity index (χ2n) is 11.1. The molecule has 0 spiro atoms. The highest BCUT2D eigenvalue weighted by molar-refractivity contribution is 5.76. The Morgan fingerprint density at radius 1 is 0.853 bits per heavy atom. The van der Waals surface area contributed by atoms with Crippen molar-refractivity contribution in [3.05, 3.63) is 29.3 Å². The molecule has 4 nitrogen and oxygen atoms in total. The Kier molecular flexibility index (Phi) is 10.0. The van der Waals surface area contributed by atoms with Crippen LogP contribution in [0.3, 0.4) is 0 Å². The Hall–Kier alpha value is -1.84. The standard InChI is InChI=1S/C30H46O4/c1-5-8-20(3)26-10-7-11-27(28(26)21(4)9-6-2)34-30(33)25-18-14-23(15-19-25)22-12-16-24(17-13-22)29(31)32/h7,10-11,20-25H,5-6,8-9,12-19H2,1-4H3,(H,31,32). The number of rotatable bonds is 10. The molecular formula is C30H46O4. The van der Waals surface area contributed by atoms with Crippen molar-refractivity contribution >= 4 is 11.9 Å². The summed E-state index contributed by atoms with van der Waals surface area (Å²) in [7, 11) is 0. The quantitative estimate of drug-likeness (QED) is 0.277. The highest BCUT2D eigenvalue weighted by Crippen LogP contribution is 2.43. The van der Waals surface area contributed by atoms with E-state index in [4.69, 9.17) is 4.74 Å². The fourth-order valence-electron chi connectivity index (χ4n) is 6.63. The number of hydrogen-bond acceptors (Lipinski definition) is 3. The van der Waals surface area contributed by atoms with Gasteiger partial charge in [0.1, 0.15) is 5.75 Å². The molecule has 34 heavy (non-hydrogen) atoms. The normalized spacial score (nSPS) is 27.1. The summed E-state index contributed by atoms with van der Waals surface area (Å²) in [5.41, 5.74) is 2.58. The van der Waals surface area contributed by atoms with Gasteiger partial charge in [-0.3, -0.25) is 9.59 Å². The van der Waals surface area contributed by atoms with E-state index in [0.29, 0.717) is 23.7 Å². The summed E-state index contributed by atoms with van der Waals surface area (Å²) in [6, 6.07) is 6.27. The van der Waals surface area contributed by atoms with Crippen LogP contribution in [0.1, 0.15) is 128 Å². The highest BCUT2D eigenvalue weighted by Gasteiger charge is 2.35. The maximum absolute atomic E-state index is 13.2. The number of carboxylic acids is 1. The average Bonchev–Trinajstić information content (AvgIpc) is 2.84. The molecule has 2 unspecified atom stereocenters.